The molecule has 0 spiro atoms. The van der Waals surface area contributed by atoms with Crippen molar-refractivity contribution in [2.24, 2.45) is 5.92 Å². The van der Waals surface area contributed by atoms with E-state index in [-0.39, 0.29) is 16.9 Å². The summed E-state index contributed by atoms with van der Waals surface area (Å²) in [4.78, 5) is 0. The molecule has 2 nitrogen and oxygen atoms in total. The predicted molar refractivity (Wildman–Crippen MR) is 66.5 cm³/mol. The molecule has 1 aromatic carbocycles. The summed E-state index contributed by atoms with van der Waals surface area (Å²) >= 11 is 5.61. The van der Waals surface area contributed by atoms with Crippen molar-refractivity contribution in [3.05, 3.63) is 34.6 Å². The third-order valence-corrected chi connectivity index (χ3v) is 3.57. The monoisotopic (exact) mass is 257 g/mol. The third-order valence-electron chi connectivity index (χ3n) is 3.26. The highest BCUT2D eigenvalue weighted by Crippen LogP contribution is 2.24. The van der Waals surface area contributed by atoms with E-state index in [1.807, 2.05) is 6.07 Å². The minimum absolute atomic E-state index is 0.130. The summed E-state index contributed by atoms with van der Waals surface area (Å²) in [6.45, 7) is 1.52. The number of nitrogens with one attached hydrogen (secondary N) is 1. The molecule has 0 amide bonds. The Morgan fingerprint density at radius 1 is 1.41 bits per heavy atom. The van der Waals surface area contributed by atoms with Crippen LogP contribution in [0.2, 0.25) is 5.02 Å². The first-order valence-corrected chi connectivity index (χ1v) is 6.35. The van der Waals surface area contributed by atoms with Gasteiger partial charge in [0.2, 0.25) is 0 Å². The summed E-state index contributed by atoms with van der Waals surface area (Å²) in [5.74, 6) is 0.171. The lowest BCUT2D eigenvalue weighted by molar-refractivity contribution is 0.177. The van der Waals surface area contributed by atoms with Gasteiger partial charge in [-0.15, -0.1) is 0 Å². The van der Waals surface area contributed by atoms with Crippen molar-refractivity contribution >= 4 is 11.6 Å². The second-order valence-electron chi connectivity index (χ2n) is 4.71. The summed E-state index contributed by atoms with van der Waals surface area (Å²) in [6, 6.07) is 4.86. The van der Waals surface area contributed by atoms with Crippen molar-refractivity contribution in [1.82, 2.24) is 5.32 Å². The van der Waals surface area contributed by atoms with Gasteiger partial charge >= 0.3 is 0 Å². The molecule has 0 heterocycles. The molecule has 0 aliphatic heterocycles. The highest BCUT2D eigenvalue weighted by Gasteiger charge is 2.21. The molecular weight excluding hydrogens is 241 g/mol. The SMILES string of the molecule is OC1CCC(CNCc2ccc(Cl)c(F)c2)C1. The van der Waals surface area contributed by atoms with Gasteiger partial charge in [-0.2, -0.15) is 0 Å². The van der Waals surface area contributed by atoms with Gasteiger partial charge in [-0.1, -0.05) is 17.7 Å². The molecule has 94 valence electrons. The zero-order valence-corrected chi connectivity index (χ0v) is 10.4. The van der Waals surface area contributed by atoms with Gasteiger partial charge in [-0.05, 0) is 49.4 Å². The topological polar surface area (TPSA) is 32.3 Å². The Balaban J connectivity index is 1.76. The summed E-state index contributed by atoms with van der Waals surface area (Å²) in [7, 11) is 0. The fraction of sp³-hybridized carbons (Fsp3) is 0.538. The highest BCUT2D eigenvalue weighted by atomic mass is 35.5. The van der Waals surface area contributed by atoms with Crippen LogP contribution in [-0.4, -0.2) is 17.8 Å². The van der Waals surface area contributed by atoms with Crippen molar-refractivity contribution in [2.75, 3.05) is 6.54 Å². The van der Waals surface area contributed by atoms with E-state index in [1.165, 1.54) is 6.07 Å². The maximum Gasteiger partial charge on any atom is 0.142 e. The number of halogens is 2. The van der Waals surface area contributed by atoms with E-state index in [2.05, 4.69) is 5.32 Å². The van der Waals surface area contributed by atoms with Gasteiger partial charge in [0.15, 0.2) is 0 Å². The molecule has 0 aromatic heterocycles. The molecule has 4 heteroatoms. The normalized spacial score (nSPS) is 24.2. The molecule has 2 unspecified atom stereocenters. The smallest absolute Gasteiger partial charge is 0.142 e. The molecule has 0 radical (unpaired) electrons. The number of aliphatic hydroxyl groups excluding tert-OH is 1. The number of rotatable bonds is 4. The van der Waals surface area contributed by atoms with Gasteiger partial charge in [0.25, 0.3) is 0 Å². The van der Waals surface area contributed by atoms with E-state index in [9.17, 15) is 9.50 Å². The van der Waals surface area contributed by atoms with Crippen LogP contribution in [0.5, 0.6) is 0 Å². The first kappa shape index (κ1) is 12.8. The molecule has 2 N–H and O–H groups in total. The number of aliphatic hydroxyl groups is 1. The number of benzene rings is 1. The van der Waals surface area contributed by atoms with E-state index >= 15 is 0 Å². The first-order chi connectivity index (χ1) is 8.15. The Morgan fingerprint density at radius 3 is 2.88 bits per heavy atom. The highest BCUT2D eigenvalue weighted by molar-refractivity contribution is 6.30. The standard InChI is InChI=1S/C13H17ClFNO/c14-12-4-2-10(6-13(12)15)8-16-7-9-1-3-11(17)5-9/h2,4,6,9,11,16-17H,1,3,5,7-8H2. The second kappa shape index (κ2) is 5.80. The third kappa shape index (κ3) is 3.66. The van der Waals surface area contributed by atoms with Crippen LogP contribution in [0.1, 0.15) is 24.8 Å². The molecule has 1 fully saturated rings. The quantitative estimate of drug-likeness (QED) is 0.869. The van der Waals surface area contributed by atoms with Gasteiger partial charge in [0, 0.05) is 6.54 Å². The van der Waals surface area contributed by atoms with E-state index in [0.29, 0.717) is 12.5 Å². The largest absolute Gasteiger partial charge is 0.393 e. The molecule has 0 bridgehead atoms. The van der Waals surface area contributed by atoms with Crippen LogP contribution in [0.3, 0.4) is 0 Å². The average Bonchev–Trinajstić information content (AvgIpc) is 2.70. The zero-order valence-electron chi connectivity index (χ0n) is 9.63. The van der Waals surface area contributed by atoms with Crippen LogP contribution < -0.4 is 5.32 Å². The van der Waals surface area contributed by atoms with E-state index in [4.69, 9.17) is 11.6 Å². The first-order valence-electron chi connectivity index (χ1n) is 5.98. The van der Waals surface area contributed by atoms with Crippen molar-refractivity contribution in [3.8, 4) is 0 Å². The molecule has 1 aliphatic carbocycles. The van der Waals surface area contributed by atoms with Crippen LogP contribution in [0.4, 0.5) is 4.39 Å². The lowest BCUT2D eigenvalue weighted by Gasteiger charge is -2.11. The van der Waals surface area contributed by atoms with Gasteiger partial charge < -0.3 is 10.4 Å². The number of hydrogen-bond acceptors (Lipinski definition) is 2. The second-order valence-corrected chi connectivity index (χ2v) is 5.12. The van der Waals surface area contributed by atoms with Crippen molar-refractivity contribution in [1.29, 1.82) is 0 Å². The molecule has 2 rings (SSSR count). The fourth-order valence-corrected chi connectivity index (χ4v) is 2.42. The minimum Gasteiger partial charge on any atom is -0.393 e. The fourth-order valence-electron chi connectivity index (χ4n) is 2.30. The summed E-state index contributed by atoms with van der Waals surface area (Å²) < 4.78 is 13.2. The van der Waals surface area contributed by atoms with Crippen LogP contribution in [-0.2, 0) is 6.54 Å². The Bertz CT molecular complexity index is 386. The van der Waals surface area contributed by atoms with Gasteiger partial charge in [0.05, 0.1) is 11.1 Å². The molecule has 17 heavy (non-hydrogen) atoms. The van der Waals surface area contributed by atoms with Crippen LogP contribution >= 0.6 is 11.6 Å². The van der Waals surface area contributed by atoms with Gasteiger partial charge in [-0.25, -0.2) is 4.39 Å². The molecule has 1 saturated carbocycles. The minimum atomic E-state index is -0.373. The maximum absolute atomic E-state index is 13.2. The lowest BCUT2D eigenvalue weighted by atomic mass is 10.1. The van der Waals surface area contributed by atoms with Gasteiger partial charge in [0.1, 0.15) is 5.82 Å². The average molecular weight is 258 g/mol. The molecular formula is C13H17ClFNO. The van der Waals surface area contributed by atoms with Crippen LogP contribution in [0.15, 0.2) is 18.2 Å². The van der Waals surface area contributed by atoms with Crippen molar-refractivity contribution in [2.45, 2.75) is 31.9 Å². The Hall–Kier alpha value is -0.640. The maximum atomic E-state index is 13.2. The molecule has 1 aliphatic rings. The summed E-state index contributed by atoms with van der Waals surface area (Å²) in [6.07, 6.45) is 2.72. The lowest BCUT2D eigenvalue weighted by Crippen LogP contribution is -2.21. The summed E-state index contributed by atoms with van der Waals surface area (Å²) in [5.41, 5.74) is 0.894. The van der Waals surface area contributed by atoms with Gasteiger partial charge in [-0.3, -0.25) is 0 Å². The van der Waals surface area contributed by atoms with Crippen molar-refractivity contribution < 1.29 is 9.50 Å². The van der Waals surface area contributed by atoms with E-state index in [1.54, 1.807) is 6.07 Å². The number of hydrogen-bond donors (Lipinski definition) is 2. The van der Waals surface area contributed by atoms with Crippen LogP contribution in [0.25, 0.3) is 0 Å². The molecule has 2 atom stereocenters. The zero-order chi connectivity index (χ0) is 12.3. The van der Waals surface area contributed by atoms with Crippen molar-refractivity contribution in [3.63, 3.8) is 0 Å². The Morgan fingerprint density at radius 2 is 2.24 bits per heavy atom. The Labute approximate surface area is 106 Å². The van der Waals surface area contributed by atoms with E-state index < -0.39 is 0 Å². The van der Waals surface area contributed by atoms with Crippen LogP contribution in [0, 0.1) is 11.7 Å². The van der Waals surface area contributed by atoms with E-state index in [0.717, 1.165) is 31.4 Å². The summed E-state index contributed by atoms with van der Waals surface area (Å²) in [5, 5.41) is 12.8. The predicted octanol–water partition coefficient (Wildman–Crippen LogP) is 2.73. The molecule has 0 saturated heterocycles. The Kier molecular flexibility index (Phi) is 4.37. The molecule has 1 aromatic rings.